The van der Waals surface area contributed by atoms with Crippen LogP contribution in [-0.4, -0.2) is 57.0 Å². The summed E-state index contributed by atoms with van der Waals surface area (Å²) in [6.07, 6.45) is 1.33. The topological polar surface area (TPSA) is 75.6 Å². The molecule has 1 aliphatic heterocycles. The molecular formula is C23H22AsCl2N3O3. The third-order valence-electron chi connectivity index (χ3n) is 5.52. The van der Waals surface area contributed by atoms with Crippen LogP contribution in [0.5, 0.6) is 6.01 Å². The van der Waals surface area contributed by atoms with Crippen molar-refractivity contribution in [1.29, 1.82) is 0 Å². The van der Waals surface area contributed by atoms with Gasteiger partial charge in [0.1, 0.15) is 0 Å². The van der Waals surface area contributed by atoms with Crippen LogP contribution in [0.1, 0.15) is 11.1 Å². The van der Waals surface area contributed by atoms with Crippen molar-refractivity contribution in [2.24, 2.45) is 0 Å². The number of carbonyl (C=O) groups is 1. The fourth-order valence-corrected chi connectivity index (χ4v) is 6.56. The second-order valence-electron chi connectivity index (χ2n) is 7.55. The van der Waals surface area contributed by atoms with E-state index in [4.69, 9.17) is 27.9 Å². The van der Waals surface area contributed by atoms with E-state index in [0.717, 1.165) is 44.2 Å². The molecule has 2 unspecified atom stereocenters. The molecule has 1 N–H and O–H groups in total. The zero-order chi connectivity index (χ0) is 22.8. The van der Waals surface area contributed by atoms with Crippen molar-refractivity contribution < 1.29 is 14.6 Å². The summed E-state index contributed by atoms with van der Waals surface area (Å²) in [6.45, 7) is 0. The number of hydrogen-bond acceptors (Lipinski definition) is 5. The first-order chi connectivity index (χ1) is 15.4. The molecule has 0 fully saturated rings. The number of nitrogens with zero attached hydrogens (tertiary/aromatic N) is 3. The molecule has 0 amide bonds. The number of benzene rings is 2. The van der Waals surface area contributed by atoms with Gasteiger partial charge in [0.05, 0.1) is 0 Å². The molecule has 1 aliphatic rings. The second kappa shape index (κ2) is 9.70. The predicted molar refractivity (Wildman–Crippen MR) is 129 cm³/mol. The van der Waals surface area contributed by atoms with E-state index in [9.17, 15) is 9.90 Å². The zero-order valence-electron chi connectivity index (χ0n) is 17.6. The third-order valence-corrected chi connectivity index (χ3v) is 8.46. The van der Waals surface area contributed by atoms with Gasteiger partial charge in [0.15, 0.2) is 0 Å². The van der Waals surface area contributed by atoms with Gasteiger partial charge in [-0.3, -0.25) is 0 Å². The van der Waals surface area contributed by atoms with Crippen molar-refractivity contribution in [2.75, 3.05) is 19.1 Å². The average molecular weight is 534 g/mol. The van der Waals surface area contributed by atoms with Crippen molar-refractivity contribution in [2.45, 2.75) is 24.1 Å². The molecule has 2 atom stereocenters. The van der Waals surface area contributed by atoms with E-state index < -0.39 is 27.8 Å². The Hall–Kier alpha value is -2.27. The van der Waals surface area contributed by atoms with Crippen LogP contribution in [-0.2, 0) is 17.6 Å². The number of carboxylic acid groups (broad SMARTS) is 1. The van der Waals surface area contributed by atoms with Gasteiger partial charge in [0.25, 0.3) is 0 Å². The molecule has 9 heteroatoms. The number of aryl methyl sites for hydroxylation is 1. The molecule has 2 aromatic carbocycles. The van der Waals surface area contributed by atoms with Crippen LogP contribution >= 0.6 is 23.2 Å². The fourth-order valence-electron chi connectivity index (χ4n) is 3.82. The Balaban J connectivity index is 1.54. The normalized spacial score (nSPS) is 15.4. The van der Waals surface area contributed by atoms with Crippen molar-refractivity contribution in [1.82, 2.24) is 9.97 Å². The van der Waals surface area contributed by atoms with Crippen LogP contribution in [0.2, 0.25) is 15.3 Å². The van der Waals surface area contributed by atoms with Crippen LogP contribution in [0, 0.1) is 0 Å². The maximum atomic E-state index is 11.5. The van der Waals surface area contributed by atoms with Crippen LogP contribution in [0.15, 0.2) is 42.5 Å². The molecule has 6 nitrogen and oxygen atoms in total. The first-order valence-electron chi connectivity index (χ1n) is 10.1. The van der Waals surface area contributed by atoms with Crippen molar-refractivity contribution in [3.05, 3.63) is 63.6 Å². The van der Waals surface area contributed by atoms with E-state index in [-0.39, 0.29) is 0 Å². The number of fused-ring (bicyclic) bond motifs is 1. The number of halogens is 2. The molecule has 3 aromatic rings. The Morgan fingerprint density at radius 3 is 2.75 bits per heavy atom. The van der Waals surface area contributed by atoms with Crippen LogP contribution in [0.3, 0.4) is 0 Å². The van der Waals surface area contributed by atoms with E-state index in [1.165, 1.54) is 0 Å². The molecule has 0 aliphatic carbocycles. The molecule has 1 aromatic heterocycles. The van der Waals surface area contributed by atoms with Crippen molar-refractivity contribution >= 4 is 55.1 Å². The molecule has 0 saturated heterocycles. The quantitative estimate of drug-likeness (QED) is 0.467. The summed E-state index contributed by atoms with van der Waals surface area (Å²) in [7, 11) is 3.37. The molecule has 2 heterocycles. The minimum absolute atomic E-state index is 0.340. The van der Waals surface area contributed by atoms with E-state index in [1.54, 1.807) is 13.2 Å². The van der Waals surface area contributed by atoms with Crippen molar-refractivity contribution in [3.8, 4) is 17.3 Å². The summed E-state index contributed by atoms with van der Waals surface area (Å²) in [4.78, 5) is 22.4. The third kappa shape index (κ3) is 4.88. The monoisotopic (exact) mass is 533 g/mol. The molecule has 0 radical (unpaired) electrons. The second-order valence-corrected chi connectivity index (χ2v) is 11.3. The van der Waals surface area contributed by atoms with Gasteiger partial charge in [-0.2, -0.15) is 0 Å². The van der Waals surface area contributed by atoms with E-state index in [2.05, 4.69) is 9.97 Å². The van der Waals surface area contributed by atoms with E-state index in [0.29, 0.717) is 22.5 Å². The number of carboxylic acids is 1. The van der Waals surface area contributed by atoms with Crippen LogP contribution in [0.4, 0.5) is 5.69 Å². The van der Waals surface area contributed by atoms with Gasteiger partial charge in [-0.1, -0.05) is 0 Å². The number of rotatable bonds is 7. The summed E-state index contributed by atoms with van der Waals surface area (Å²) in [5.74, 6) is -0.817. The fraction of sp³-hybridized carbons (Fsp3) is 0.261. The summed E-state index contributed by atoms with van der Waals surface area (Å²) in [6, 6.07) is 13.4. The maximum absolute atomic E-state index is 11.5. The number of aliphatic carboxylic acids is 1. The van der Waals surface area contributed by atoms with Gasteiger partial charge in [-0.05, 0) is 0 Å². The Morgan fingerprint density at radius 2 is 2.03 bits per heavy atom. The number of likely N-dealkylation sites (N-methyl/N-ethyl adjacent to an activating group) is 1. The molecule has 4 rings (SSSR count). The first kappa shape index (κ1) is 22.9. The Kier molecular flexibility index (Phi) is 6.94. The summed E-state index contributed by atoms with van der Waals surface area (Å²) in [5.41, 5.74) is 4.74. The van der Waals surface area contributed by atoms with Crippen LogP contribution < -0.4 is 14.1 Å². The van der Waals surface area contributed by atoms with Gasteiger partial charge < -0.3 is 0 Å². The Bertz CT molecular complexity index is 1180. The number of ether oxygens (including phenoxy) is 1. The summed E-state index contributed by atoms with van der Waals surface area (Å²) in [5, 5.41) is 11.8. The molecule has 0 bridgehead atoms. The molecular weight excluding hydrogens is 512 g/mol. The van der Waals surface area contributed by atoms with E-state index in [1.807, 2.05) is 48.3 Å². The molecule has 0 saturated carbocycles. The Morgan fingerprint density at radius 1 is 1.22 bits per heavy atom. The van der Waals surface area contributed by atoms with Gasteiger partial charge in [0, 0.05) is 0 Å². The Labute approximate surface area is 203 Å². The van der Waals surface area contributed by atoms with Gasteiger partial charge in [-0.25, -0.2) is 0 Å². The first-order valence-corrected chi connectivity index (χ1v) is 13.3. The molecule has 166 valence electrons. The summed E-state index contributed by atoms with van der Waals surface area (Å²) >= 11 is 11.7. The number of anilines is 1. The number of hydrogen-bond donors (Lipinski definition) is 1. The standard InChI is InChI=1S/C23H22AsCl2N3O3/c1-29-19-6-4-14(9-15(19)10-20(29)22(30)31)18-12-21(28-23(27-18)32-2)24-8-7-13-3-5-16(25)11-17(13)26/h3-6,9,11-12,20,24H,7-8,10H2,1-2H3,(H,30,31). The molecule has 0 spiro atoms. The number of aromatic nitrogens is 2. The predicted octanol–water partition coefficient (Wildman–Crippen LogP) is 3.63. The van der Waals surface area contributed by atoms with Crippen molar-refractivity contribution in [3.63, 3.8) is 0 Å². The van der Waals surface area contributed by atoms with Gasteiger partial charge in [-0.15, -0.1) is 0 Å². The molecule has 32 heavy (non-hydrogen) atoms. The zero-order valence-corrected chi connectivity index (χ0v) is 21.2. The van der Waals surface area contributed by atoms with Gasteiger partial charge >= 0.3 is 204 Å². The minimum atomic E-state index is -0.817. The van der Waals surface area contributed by atoms with Crippen LogP contribution in [0.25, 0.3) is 11.3 Å². The summed E-state index contributed by atoms with van der Waals surface area (Å²) < 4.78 is 6.35. The SMILES string of the molecule is COc1nc([AsH]CCc2ccc(Cl)cc2Cl)cc(-c2ccc3c(c2)CC(C(=O)O)N3C)n1. The number of methoxy groups -OCH3 is 1. The average Bonchev–Trinajstić information content (AvgIpc) is 3.11. The van der Waals surface area contributed by atoms with Gasteiger partial charge in [0.2, 0.25) is 0 Å². The van der Waals surface area contributed by atoms with E-state index >= 15 is 0 Å².